The van der Waals surface area contributed by atoms with Crippen molar-refractivity contribution >= 4 is 11.9 Å². The van der Waals surface area contributed by atoms with Gasteiger partial charge in [-0.3, -0.25) is 9.59 Å². The average molecular weight is 330 g/mol. The molecule has 0 saturated heterocycles. The maximum absolute atomic E-state index is 12.5. The molecule has 2 aromatic rings. The van der Waals surface area contributed by atoms with Crippen molar-refractivity contribution in [3.05, 3.63) is 41.9 Å². The lowest BCUT2D eigenvalue weighted by Gasteiger charge is -2.26. The second-order valence-electron chi connectivity index (χ2n) is 5.75. The molecule has 2 N–H and O–H groups in total. The van der Waals surface area contributed by atoms with E-state index in [4.69, 9.17) is 4.42 Å². The number of nitrogens with one attached hydrogen (secondary N) is 1. The van der Waals surface area contributed by atoms with Gasteiger partial charge >= 0.3 is 5.97 Å². The maximum atomic E-state index is 12.5. The molecule has 24 heavy (non-hydrogen) atoms. The number of benzene rings is 1. The van der Waals surface area contributed by atoms with Gasteiger partial charge in [0.05, 0.1) is 5.41 Å². The first-order valence-corrected chi connectivity index (χ1v) is 7.98. The first-order chi connectivity index (χ1) is 11.4. The van der Waals surface area contributed by atoms with E-state index in [0.717, 1.165) is 5.56 Å². The molecule has 1 heterocycles. The average Bonchev–Trinajstić information content (AvgIpc) is 2.98. The summed E-state index contributed by atoms with van der Waals surface area (Å²) in [5.74, 6) is -0.570. The fraction of sp³-hybridized carbons (Fsp3) is 0.389. The van der Waals surface area contributed by atoms with Crippen LogP contribution in [0.15, 0.2) is 34.7 Å². The Morgan fingerprint density at radius 3 is 2.38 bits per heavy atom. The first-order valence-electron chi connectivity index (χ1n) is 7.98. The number of carboxylic acids is 1. The van der Waals surface area contributed by atoms with Gasteiger partial charge in [-0.2, -0.15) is 0 Å². The molecule has 0 aliphatic carbocycles. The zero-order valence-electron chi connectivity index (χ0n) is 14.1. The number of aliphatic carboxylic acids is 1. The molecule has 0 saturated carbocycles. The molecular weight excluding hydrogens is 308 g/mol. The number of carboxylic acid groups (broad SMARTS) is 1. The van der Waals surface area contributed by atoms with Gasteiger partial charge in [-0.05, 0) is 12.8 Å². The summed E-state index contributed by atoms with van der Waals surface area (Å²) in [6.45, 7) is 5.33. The molecular formula is C18H22N2O4. The number of rotatable bonds is 7. The number of hydrogen-bond donors (Lipinski definition) is 2. The molecule has 0 aliphatic heterocycles. The summed E-state index contributed by atoms with van der Waals surface area (Å²) in [7, 11) is 0. The SMILES string of the molecule is CCC(CC)(CNC(=O)c1nc(C)oc1-c1ccccc1)C(=O)O. The van der Waals surface area contributed by atoms with Gasteiger partial charge in [0, 0.05) is 19.0 Å². The van der Waals surface area contributed by atoms with Gasteiger partial charge in [0.25, 0.3) is 5.91 Å². The fourth-order valence-corrected chi connectivity index (χ4v) is 2.58. The minimum Gasteiger partial charge on any atom is -0.481 e. The number of aromatic nitrogens is 1. The number of carbonyl (C=O) groups excluding carboxylic acids is 1. The predicted molar refractivity (Wildman–Crippen MR) is 89.7 cm³/mol. The summed E-state index contributed by atoms with van der Waals surface area (Å²) in [5, 5.41) is 12.2. The van der Waals surface area contributed by atoms with Crippen LogP contribution in [-0.2, 0) is 4.79 Å². The number of nitrogens with zero attached hydrogens (tertiary/aromatic N) is 1. The molecule has 6 heteroatoms. The van der Waals surface area contributed by atoms with Crippen LogP contribution in [-0.4, -0.2) is 28.5 Å². The minimum atomic E-state index is -0.971. The largest absolute Gasteiger partial charge is 0.481 e. The van der Waals surface area contributed by atoms with Crippen LogP contribution in [0, 0.1) is 12.3 Å². The number of carbonyl (C=O) groups is 2. The van der Waals surface area contributed by atoms with Crippen molar-refractivity contribution in [1.82, 2.24) is 10.3 Å². The summed E-state index contributed by atoms with van der Waals surface area (Å²) < 4.78 is 5.57. The zero-order valence-corrected chi connectivity index (χ0v) is 14.1. The molecule has 2 rings (SSSR count). The van der Waals surface area contributed by atoms with Crippen molar-refractivity contribution in [2.24, 2.45) is 5.41 Å². The lowest BCUT2D eigenvalue weighted by molar-refractivity contribution is -0.149. The summed E-state index contributed by atoms with van der Waals surface area (Å²) in [6, 6.07) is 9.22. The topological polar surface area (TPSA) is 92.4 Å². The van der Waals surface area contributed by atoms with E-state index in [2.05, 4.69) is 10.3 Å². The van der Waals surface area contributed by atoms with Crippen LogP contribution >= 0.6 is 0 Å². The predicted octanol–water partition coefficient (Wildman–Crippen LogP) is 3.27. The van der Waals surface area contributed by atoms with Crippen molar-refractivity contribution < 1.29 is 19.1 Å². The third-order valence-corrected chi connectivity index (χ3v) is 4.38. The van der Waals surface area contributed by atoms with Crippen LogP contribution in [0.3, 0.4) is 0 Å². The number of aryl methyl sites for hydroxylation is 1. The van der Waals surface area contributed by atoms with Crippen molar-refractivity contribution in [3.8, 4) is 11.3 Å². The van der Waals surface area contributed by atoms with E-state index < -0.39 is 17.3 Å². The van der Waals surface area contributed by atoms with Crippen LogP contribution < -0.4 is 5.32 Å². The molecule has 6 nitrogen and oxygen atoms in total. The van der Waals surface area contributed by atoms with Crippen LogP contribution in [0.1, 0.15) is 43.1 Å². The number of oxazole rings is 1. The summed E-state index contributed by atoms with van der Waals surface area (Å²) in [4.78, 5) is 28.2. The van der Waals surface area contributed by atoms with Crippen LogP contribution in [0.2, 0.25) is 0 Å². The Labute approximate surface area is 140 Å². The molecule has 1 aromatic heterocycles. The molecule has 0 atom stereocenters. The Hall–Kier alpha value is -2.63. The normalized spacial score (nSPS) is 11.3. The third kappa shape index (κ3) is 3.48. The maximum Gasteiger partial charge on any atom is 0.311 e. The Bertz CT molecular complexity index is 718. The van der Waals surface area contributed by atoms with Gasteiger partial charge in [-0.1, -0.05) is 44.2 Å². The third-order valence-electron chi connectivity index (χ3n) is 4.38. The van der Waals surface area contributed by atoms with Gasteiger partial charge in [0.1, 0.15) is 0 Å². The van der Waals surface area contributed by atoms with Crippen LogP contribution in [0.4, 0.5) is 0 Å². The van der Waals surface area contributed by atoms with Gasteiger partial charge in [0.2, 0.25) is 0 Å². The Morgan fingerprint density at radius 1 is 1.21 bits per heavy atom. The van der Waals surface area contributed by atoms with Crippen molar-refractivity contribution in [1.29, 1.82) is 0 Å². The highest BCUT2D eigenvalue weighted by Gasteiger charge is 2.35. The highest BCUT2D eigenvalue weighted by Crippen LogP contribution is 2.27. The molecule has 0 fully saturated rings. The summed E-state index contributed by atoms with van der Waals surface area (Å²) in [6.07, 6.45) is 0.866. The molecule has 0 aliphatic rings. The highest BCUT2D eigenvalue weighted by atomic mass is 16.4. The van der Waals surface area contributed by atoms with Gasteiger partial charge < -0.3 is 14.8 Å². The second kappa shape index (κ2) is 7.29. The van der Waals surface area contributed by atoms with Gasteiger partial charge in [-0.25, -0.2) is 4.98 Å². The quantitative estimate of drug-likeness (QED) is 0.813. The molecule has 1 aromatic carbocycles. The zero-order chi connectivity index (χ0) is 17.7. The monoisotopic (exact) mass is 330 g/mol. The summed E-state index contributed by atoms with van der Waals surface area (Å²) >= 11 is 0. The van der Waals surface area contributed by atoms with E-state index in [9.17, 15) is 14.7 Å². The molecule has 0 spiro atoms. The Balaban J connectivity index is 2.24. The van der Waals surface area contributed by atoms with Gasteiger partial charge in [0.15, 0.2) is 17.3 Å². The van der Waals surface area contributed by atoms with Crippen LogP contribution in [0.25, 0.3) is 11.3 Å². The molecule has 1 amide bonds. The highest BCUT2D eigenvalue weighted by molar-refractivity contribution is 5.98. The summed E-state index contributed by atoms with van der Waals surface area (Å²) in [5.41, 5.74) is -0.0506. The molecule has 0 radical (unpaired) electrons. The van der Waals surface area contributed by atoms with E-state index in [1.807, 2.05) is 30.3 Å². The fourth-order valence-electron chi connectivity index (χ4n) is 2.58. The van der Waals surface area contributed by atoms with E-state index in [0.29, 0.717) is 24.5 Å². The van der Waals surface area contributed by atoms with Gasteiger partial charge in [-0.15, -0.1) is 0 Å². The lowest BCUT2D eigenvalue weighted by Crippen LogP contribution is -2.42. The second-order valence-corrected chi connectivity index (χ2v) is 5.75. The van der Waals surface area contributed by atoms with Crippen molar-refractivity contribution in [2.75, 3.05) is 6.54 Å². The van der Waals surface area contributed by atoms with E-state index in [1.54, 1.807) is 20.8 Å². The molecule has 0 bridgehead atoms. The Kier molecular flexibility index (Phi) is 5.39. The first kappa shape index (κ1) is 17.7. The number of hydrogen-bond acceptors (Lipinski definition) is 4. The standard InChI is InChI=1S/C18H22N2O4/c1-4-18(5-2,17(22)23)11-19-16(21)14-15(24-12(3)20-14)13-9-7-6-8-10-13/h6-10H,4-5,11H2,1-3H3,(H,19,21)(H,22,23). The smallest absolute Gasteiger partial charge is 0.311 e. The van der Waals surface area contributed by atoms with Crippen molar-refractivity contribution in [3.63, 3.8) is 0 Å². The van der Waals surface area contributed by atoms with E-state index in [-0.39, 0.29) is 12.2 Å². The van der Waals surface area contributed by atoms with E-state index >= 15 is 0 Å². The minimum absolute atomic E-state index is 0.0499. The molecule has 0 unspecified atom stereocenters. The van der Waals surface area contributed by atoms with Crippen molar-refractivity contribution in [2.45, 2.75) is 33.6 Å². The molecule has 128 valence electrons. The number of amides is 1. The van der Waals surface area contributed by atoms with Crippen LogP contribution in [0.5, 0.6) is 0 Å². The lowest BCUT2D eigenvalue weighted by atomic mass is 9.82. The Morgan fingerprint density at radius 2 is 1.83 bits per heavy atom. The van der Waals surface area contributed by atoms with E-state index in [1.165, 1.54) is 0 Å².